The highest BCUT2D eigenvalue weighted by atomic mass is 19.1. The summed E-state index contributed by atoms with van der Waals surface area (Å²) < 4.78 is 19.5. The summed E-state index contributed by atoms with van der Waals surface area (Å²) in [5.41, 5.74) is 0.519. The monoisotopic (exact) mass is 342 g/mol. The Labute approximate surface area is 141 Å². The Bertz CT molecular complexity index is 987. The Morgan fingerprint density at radius 3 is 2.64 bits per heavy atom. The van der Waals surface area contributed by atoms with Gasteiger partial charge in [-0.05, 0) is 37.1 Å². The first-order valence-electron chi connectivity index (χ1n) is 8.02. The summed E-state index contributed by atoms with van der Waals surface area (Å²) >= 11 is 0. The Hall–Kier alpha value is -3.03. The van der Waals surface area contributed by atoms with Gasteiger partial charge in [-0.1, -0.05) is 5.16 Å². The molecule has 4 rings (SSSR count). The molecule has 1 fully saturated rings. The predicted molar refractivity (Wildman–Crippen MR) is 87.3 cm³/mol. The number of halogens is 1. The molecular formula is C17H15FN4O3. The van der Waals surface area contributed by atoms with E-state index in [-0.39, 0.29) is 35.1 Å². The Balaban J connectivity index is 1.74. The van der Waals surface area contributed by atoms with E-state index in [0.717, 1.165) is 25.9 Å². The summed E-state index contributed by atoms with van der Waals surface area (Å²) in [4.78, 5) is 30.9. The number of rotatable bonds is 3. The topological polar surface area (TPSA) is 81.2 Å². The van der Waals surface area contributed by atoms with Crippen molar-refractivity contribution in [3.05, 3.63) is 46.8 Å². The van der Waals surface area contributed by atoms with Crippen LogP contribution in [0.1, 0.15) is 12.8 Å². The second kappa shape index (κ2) is 6.12. The summed E-state index contributed by atoms with van der Waals surface area (Å²) in [6, 6.07) is 5.58. The van der Waals surface area contributed by atoms with Crippen molar-refractivity contribution in [1.29, 1.82) is 0 Å². The van der Waals surface area contributed by atoms with E-state index in [0.29, 0.717) is 5.56 Å². The normalized spacial score (nSPS) is 14.4. The zero-order valence-electron chi connectivity index (χ0n) is 13.3. The number of carbonyl (C=O) groups is 1. The molecule has 25 heavy (non-hydrogen) atoms. The van der Waals surface area contributed by atoms with Gasteiger partial charge < -0.3 is 9.42 Å². The lowest BCUT2D eigenvalue weighted by Crippen LogP contribution is -2.34. The number of nitrogens with zero attached hydrogens (tertiary/aromatic N) is 4. The number of amides is 1. The van der Waals surface area contributed by atoms with Gasteiger partial charge in [0.2, 0.25) is 5.91 Å². The fraction of sp³-hybridized carbons (Fsp3) is 0.294. The first-order valence-corrected chi connectivity index (χ1v) is 8.02. The molecule has 0 spiro atoms. The molecule has 0 atom stereocenters. The van der Waals surface area contributed by atoms with Crippen LogP contribution in [-0.4, -0.2) is 38.6 Å². The van der Waals surface area contributed by atoms with E-state index in [1.807, 2.05) is 0 Å². The van der Waals surface area contributed by atoms with Crippen LogP contribution in [0.4, 0.5) is 4.39 Å². The highest BCUT2D eigenvalue weighted by Gasteiger charge is 2.21. The van der Waals surface area contributed by atoms with Crippen LogP contribution in [0.2, 0.25) is 0 Å². The predicted octanol–water partition coefficient (Wildman–Crippen LogP) is 1.81. The van der Waals surface area contributed by atoms with Gasteiger partial charge in [-0.15, -0.1) is 0 Å². The number of carbonyl (C=O) groups excluding carboxylic acids is 1. The zero-order valence-corrected chi connectivity index (χ0v) is 13.3. The molecular weight excluding hydrogens is 327 g/mol. The number of hydrogen-bond acceptors (Lipinski definition) is 5. The summed E-state index contributed by atoms with van der Waals surface area (Å²) in [6.45, 7) is 1.37. The molecule has 3 aromatic rings. The molecule has 3 heterocycles. The molecule has 1 aromatic carbocycles. The van der Waals surface area contributed by atoms with Gasteiger partial charge in [0.15, 0.2) is 0 Å². The Morgan fingerprint density at radius 1 is 1.20 bits per heavy atom. The molecule has 0 saturated carbocycles. The third-order valence-electron chi connectivity index (χ3n) is 4.35. The van der Waals surface area contributed by atoms with E-state index in [4.69, 9.17) is 4.52 Å². The van der Waals surface area contributed by atoms with E-state index < -0.39 is 5.56 Å². The van der Waals surface area contributed by atoms with E-state index in [1.54, 1.807) is 4.90 Å². The lowest BCUT2D eigenvalue weighted by atomic mass is 10.1. The summed E-state index contributed by atoms with van der Waals surface area (Å²) in [5, 5.41) is 4.07. The lowest BCUT2D eigenvalue weighted by Gasteiger charge is -2.15. The molecule has 0 radical (unpaired) electrons. The fourth-order valence-electron chi connectivity index (χ4n) is 3.01. The van der Waals surface area contributed by atoms with Crippen molar-refractivity contribution >= 4 is 17.0 Å². The standard InChI is InChI=1S/C17H15FN4O3/c18-12-5-3-11(4-6-12)15-14-16(25-20-15)19-10-22(17(14)24)9-13(23)21-7-1-2-8-21/h3-6,10H,1-2,7-9H2. The maximum atomic E-state index is 13.1. The van der Waals surface area contributed by atoms with Gasteiger partial charge in [-0.25, -0.2) is 9.37 Å². The molecule has 0 N–H and O–H groups in total. The van der Waals surface area contributed by atoms with Crippen molar-refractivity contribution in [3.8, 4) is 11.3 Å². The van der Waals surface area contributed by atoms with Gasteiger partial charge in [0, 0.05) is 18.7 Å². The van der Waals surface area contributed by atoms with Crippen LogP contribution in [0.3, 0.4) is 0 Å². The minimum Gasteiger partial charge on any atom is -0.341 e. The minimum absolute atomic E-state index is 0.0736. The van der Waals surface area contributed by atoms with Crippen LogP contribution in [0.5, 0.6) is 0 Å². The van der Waals surface area contributed by atoms with Crippen molar-refractivity contribution in [2.24, 2.45) is 0 Å². The molecule has 0 unspecified atom stereocenters. The average molecular weight is 342 g/mol. The van der Waals surface area contributed by atoms with Gasteiger partial charge in [-0.3, -0.25) is 14.2 Å². The average Bonchev–Trinajstić information content (AvgIpc) is 3.28. The second-order valence-electron chi connectivity index (χ2n) is 5.98. The summed E-state index contributed by atoms with van der Waals surface area (Å²) in [5.74, 6) is -0.496. The van der Waals surface area contributed by atoms with Crippen molar-refractivity contribution < 1.29 is 13.7 Å². The molecule has 2 aromatic heterocycles. The molecule has 0 aliphatic carbocycles. The van der Waals surface area contributed by atoms with E-state index in [2.05, 4.69) is 10.1 Å². The third-order valence-corrected chi connectivity index (χ3v) is 4.35. The maximum absolute atomic E-state index is 13.1. The van der Waals surface area contributed by atoms with Crippen molar-refractivity contribution in [2.75, 3.05) is 13.1 Å². The SMILES string of the molecule is O=C(Cn1cnc2onc(-c3ccc(F)cc3)c2c1=O)N1CCCC1. The van der Waals surface area contributed by atoms with Gasteiger partial charge in [0.25, 0.3) is 11.3 Å². The number of fused-ring (bicyclic) bond motifs is 1. The molecule has 0 bridgehead atoms. The van der Waals surface area contributed by atoms with Crippen LogP contribution in [0.25, 0.3) is 22.4 Å². The highest BCUT2D eigenvalue weighted by molar-refractivity contribution is 5.88. The largest absolute Gasteiger partial charge is 0.341 e. The van der Waals surface area contributed by atoms with Gasteiger partial charge in [-0.2, -0.15) is 0 Å². The number of benzene rings is 1. The molecule has 1 aliphatic rings. The molecule has 8 heteroatoms. The molecule has 7 nitrogen and oxygen atoms in total. The number of aromatic nitrogens is 3. The Morgan fingerprint density at radius 2 is 1.92 bits per heavy atom. The van der Waals surface area contributed by atoms with Gasteiger partial charge in [0.1, 0.15) is 29.8 Å². The summed E-state index contributed by atoms with van der Waals surface area (Å²) in [7, 11) is 0. The van der Waals surface area contributed by atoms with Crippen molar-refractivity contribution in [1.82, 2.24) is 19.6 Å². The second-order valence-corrected chi connectivity index (χ2v) is 5.98. The minimum atomic E-state index is -0.405. The molecule has 1 aliphatic heterocycles. The van der Waals surface area contributed by atoms with Crippen LogP contribution >= 0.6 is 0 Å². The van der Waals surface area contributed by atoms with Gasteiger partial charge >= 0.3 is 0 Å². The smallest absolute Gasteiger partial charge is 0.267 e. The quantitative estimate of drug-likeness (QED) is 0.725. The summed E-state index contributed by atoms with van der Waals surface area (Å²) in [6.07, 6.45) is 3.26. The van der Waals surface area contributed by atoms with Crippen LogP contribution < -0.4 is 5.56 Å². The van der Waals surface area contributed by atoms with Crippen molar-refractivity contribution in [2.45, 2.75) is 19.4 Å². The molecule has 1 saturated heterocycles. The van der Waals surface area contributed by atoms with Gasteiger partial charge in [0.05, 0.1) is 0 Å². The van der Waals surface area contributed by atoms with Crippen LogP contribution in [0, 0.1) is 5.82 Å². The zero-order chi connectivity index (χ0) is 17.4. The van der Waals surface area contributed by atoms with Crippen molar-refractivity contribution in [3.63, 3.8) is 0 Å². The fourth-order valence-corrected chi connectivity index (χ4v) is 3.01. The van der Waals surface area contributed by atoms with E-state index in [1.165, 1.54) is 35.2 Å². The first-order chi connectivity index (χ1) is 12.1. The molecule has 1 amide bonds. The highest BCUT2D eigenvalue weighted by Crippen LogP contribution is 2.24. The first kappa shape index (κ1) is 15.5. The number of hydrogen-bond donors (Lipinski definition) is 0. The number of likely N-dealkylation sites (tertiary alicyclic amines) is 1. The third kappa shape index (κ3) is 2.79. The lowest BCUT2D eigenvalue weighted by molar-refractivity contribution is -0.130. The van der Waals surface area contributed by atoms with E-state index >= 15 is 0 Å². The maximum Gasteiger partial charge on any atom is 0.267 e. The Kier molecular flexibility index (Phi) is 3.79. The van der Waals surface area contributed by atoms with Crippen LogP contribution in [0.15, 0.2) is 39.9 Å². The van der Waals surface area contributed by atoms with Crippen LogP contribution in [-0.2, 0) is 11.3 Å². The van der Waals surface area contributed by atoms with E-state index in [9.17, 15) is 14.0 Å². The molecule has 128 valence electrons.